The van der Waals surface area contributed by atoms with E-state index in [0.717, 1.165) is 40.5 Å². The van der Waals surface area contributed by atoms with Crippen LogP contribution in [0.5, 0.6) is 0 Å². The second-order valence-corrected chi connectivity index (χ2v) is 5.12. The average molecular weight is 244 g/mol. The number of rotatable bonds is 1. The van der Waals surface area contributed by atoms with Crippen LogP contribution in [0.3, 0.4) is 0 Å². The number of hydrogen-bond acceptors (Lipinski definition) is 4. The lowest BCUT2D eigenvalue weighted by Crippen LogP contribution is -2.12. The number of nitrogens with zero attached hydrogens (tertiary/aromatic N) is 2. The number of ketones is 1. The molecule has 0 aromatic carbocycles. The summed E-state index contributed by atoms with van der Waals surface area (Å²) in [4.78, 5) is 20.7. The molecule has 86 valence electrons. The largest absolute Gasteiger partial charge is 0.294 e. The van der Waals surface area contributed by atoms with Crippen LogP contribution in [0, 0.1) is 6.92 Å². The molecule has 0 saturated heterocycles. The SMILES string of the molecule is Cc1csc(-c2ccc3c(n2)CCCC3=O)n1. The van der Waals surface area contributed by atoms with Crippen molar-refractivity contribution in [1.29, 1.82) is 0 Å². The van der Waals surface area contributed by atoms with E-state index in [1.807, 2.05) is 24.4 Å². The molecule has 0 aliphatic heterocycles. The van der Waals surface area contributed by atoms with E-state index in [0.29, 0.717) is 6.42 Å². The maximum Gasteiger partial charge on any atom is 0.164 e. The lowest BCUT2D eigenvalue weighted by Gasteiger charge is -2.13. The molecule has 2 aromatic heterocycles. The van der Waals surface area contributed by atoms with Crippen molar-refractivity contribution in [1.82, 2.24) is 9.97 Å². The van der Waals surface area contributed by atoms with Gasteiger partial charge < -0.3 is 0 Å². The van der Waals surface area contributed by atoms with Crippen molar-refractivity contribution >= 4 is 17.1 Å². The second-order valence-electron chi connectivity index (χ2n) is 4.26. The van der Waals surface area contributed by atoms with Crippen molar-refractivity contribution in [2.24, 2.45) is 0 Å². The van der Waals surface area contributed by atoms with E-state index < -0.39 is 0 Å². The summed E-state index contributed by atoms with van der Waals surface area (Å²) in [5, 5.41) is 2.95. The molecule has 0 unspecified atom stereocenters. The highest BCUT2D eigenvalue weighted by molar-refractivity contribution is 7.13. The molecule has 0 radical (unpaired) electrons. The smallest absolute Gasteiger partial charge is 0.164 e. The summed E-state index contributed by atoms with van der Waals surface area (Å²) in [6.07, 6.45) is 2.48. The van der Waals surface area contributed by atoms with Crippen molar-refractivity contribution < 1.29 is 4.79 Å². The van der Waals surface area contributed by atoms with Crippen LogP contribution in [0.1, 0.15) is 34.6 Å². The number of fused-ring (bicyclic) bond motifs is 1. The van der Waals surface area contributed by atoms with Gasteiger partial charge >= 0.3 is 0 Å². The van der Waals surface area contributed by atoms with E-state index in [4.69, 9.17) is 0 Å². The lowest BCUT2D eigenvalue weighted by atomic mass is 9.94. The molecule has 1 aliphatic carbocycles. The first-order valence-corrected chi connectivity index (χ1v) is 6.57. The van der Waals surface area contributed by atoms with E-state index in [1.54, 1.807) is 11.3 Å². The third kappa shape index (κ3) is 1.89. The van der Waals surface area contributed by atoms with Gasteiger partial charge in [-0.3, -0.25) is 4.79 Å². The fraction of sp³-hybridized carbons (Fsp3) is 0.308. The zero-order valence-electron chi connectivity index (χ0n) is 9.56. The van der Waals surface area contributed by atoms with Crippen LogP contribution < -0.4 is 0 Å². The Hall–Kier alpha value is -1.55. The first-order valence-electron chi connectivity index (χ1n) is 5.69. The van der Waals surface area contributed by atoms with Gasteiger partial charge in [-0.25, -0.2) is 9.97 Å². The van der Waals surface area contributed by atoms with Gasteiger partial charge in [-0.2, -0.15) is 0 Å². The number of aromatic nitrogens is 2. The van der Waals surface area contributed by atoms with Crippen LogP contribution in [0.15, 0.2) is 17.5 Å². The Labute approximate surface area is 104 Å². The van der Waals surface area contributed by atoms with Crippen molar-refractivity contribution in [3.63, 3.8) is 0 Å². The van der Waals surface area contributed by atoms with Crippen LogP contribution >= 0.6 is 11.3 Å². The molecule has 3 rings (SSSR count). The highest BCUT2D eigenvalue weighted by atomic mass is 32.1. The van der Waals surface area contributed by atoms with E-state index in [9.17, 15) is 4.79 Å². The van der Waals surface area contributed by atoms with Crippen molar-refractivity contribution in [3.05, 3.63) is 34.5 Å². The number of pyridine rings is 1. The Morgan fingerprint density at radius 1 is 1.24 bits per heavy atom. The van der Waals surface area contributed by atoms with Crippen LogP contribution in [-0.4, -0.2) is 15.8 Å². The summed E-state index contributed by atoms with van der Waals surface area (Å²) < 4.78 is 0. The molecule has 0 spiro atoms. The minimum absolute atomic E-state index is 0.223. The summed E-state index contributed by atoms with van der Waals surface area (Å²) in [5.41, 5.74) is 3.64. The maximum atomic E-state index is 11.7. The van der Waals surface area contributed by atoms with Gasteiger partial charge in [0.05, 0.1) is 11.4 Å². The third-order valence-electron chi connectivity index (χ3n) is 2.93. The fourth-order valence-electron chi connectivity index (χ4n) is 2.09. The summed E-state index contributed by atoms with van der Waals surface area (Å²) in [6.45, 7) is 1.97. The Bertz CT molecular complexity index is 589. The zero-order chi connectivity index (χ0) is 11.8. The van der Waals surface area contributed by atoms with Crippen LogP contribution in [-0.2, 0) is 6.42 Å². The number of hydrogen-bond donors (Lipinski definition) is 0. The monoisotopic (exact) mass is 244 g/mol. The zero-order valence-corrected chi connectivity index (χ0v) is 10.4. The van der Waals surface area contributed by atoms with Crippen LogP contribution in [0.4, 0.5) is 0 Å². The molecular formula is C13H12N2OS. The maximum absolute atomic E-state index is 11.7. The molecule has 4 heteroatoms. The minimum atomic E-state index is 0.223. The van der Waals surface area contributed by atoms with Crippen molar-refractivity contribution in [3.8, 4) is 10.7 Å². The molecule has 0 amide bonds. The highest BCUT2D eigenvalue weighted by Gasteiger charge is 2.19. The minimum Gasteiger partial charge on any atom is -0.294 e. The summed E-state index contributed by atoms with van der Waals surface area (Å²) in [6, 6.07) is 3.80. The van der Waals surface area contributed by atoms with Gasteiger partial charge in [0.2, 0.25) is 0 Å². The van der Waals surface area contributed by atoms with Gasteiger partial charge in [0.15, 0.2) is 5.78 Å². The number of carbonyl (C=O) groups is 1. The molecule has 2 heterocycles. The van der Waals surface area contributed by atoms with Gasteiger partial charge in [0.25, 0.3) is 0 Å². The molecule has 0 saturated carbocycles. The molecular weight excluding hydrogens is 232 g/mol. The number of carbonyl (C=O) groups excluding carboxylic acids is 1. The quantitative estimate of drug-likeness (QED) is 0.774. The van der Waals surface area contributed by atoms with Gasteiger partial charge in [-0.05, 0) is 31.9 Å². The number of thiazole rings is 1. The van der Waals surface area contributed by atoms with Crippen molar-refractivity contribution in [2.45, 2.75) is 26.2 Å². The number of Topliss-reactive ketones (excluding diaryl/α,β-unsaturated/α-hetero) is 1. The Balaban J connectivity index is 2.06. The Morgan fingerprint density at radius 3 is 2.88 bits per heavy atom. The second kappa shape index (κ2) is 4.04. The number of aryl methyl sites for hydroxylation is 2. The van der Waals surface area contributed by atoms with Crippen LogP contribution in [0.2, 0.25) is 0 Å². The summed E-state index contributed by atoms with van der Waals surface area (Å²) in [5.74, 6) is 0.223. The first-order chi connectivity index (χ1) is 8.24. The molecule has 2 aromatic rings. The van der Waals surface area contributed by atoms with E-state index in [-0.39, 0.29) is 5.78 Å². The predicted molar refractivity (Wildman–Crippen MR) is 67.4 cm³/mol. The Morgan fingerprint density at radius 2 is 2.12 bits per heavy atom. The molecule has 0 bridgehead atoms. The third-order valence-corrected chi connectivity index (χ3v) is 3.91. The molecule has 0 atom stereocenters. The van der Waals surface area contributed by atoms with E-state index in [1.165, 1.54) is 0 Å². The highest BCUT2D eigenvalue weighted by Crippen LogP contribution is 2.26. The fourth-order valence-corrected chi connectivity index (χ4v) is 2.85. The van der Waals surface area contributed by atoms with E-state index >= 15 is 0 Å². The molecule has 0 N–H and O–H groups in total. The standard InChI is InChI=1S/C13H12N2OS/c1-8-7-17-13(14-8)11-6-5-9-10(15-11)3-2-4-12(9)16/h5-7H,2-4H2,1H3. The Kier molecular flexibility index (Phi) is 2.52. The molecule has 1 aliphatic rings. The van der Waals surface area contributed by atoms with Gasteiger partial charge in [-0.15, -0.1) is 11.3 Å². The van der Waals surface area contributed by atoms with Crippen LogP contribution in [0.25, 0.3) is 10.7 Å². The molecule has 0 fully saturated rings. The lowest BCUT2D eigenvalue weighted by molar-refractivity contribution is 0.0971. The van der Waals surface area contributed by atoms with Gasteiger partial charge in [-0.1, -0.05) is 0 Å². The topological polar surface area (TPSA) is 42.9 Å². The first kappa shape index (κ1) is 10.6. The van der Waals surface area contributed by atoms with Crippen molar-refractivity contribution in [2.75, 3.05) is 0 Å². The normalized spacial score (nSPS) is 14.8. The van der Waals surface area contributed by atoms with Gasteiger partial charge in [0.1, 0.15) is 5.01 Å². The molecule has 17 heavy (non-hydrogen) atoms. The van der Waals surface area contributed by atoms with E-state index in [2.05, 4.69) is 9.97 Å². The molecule has 3 nitrogen and oxygen atoms in total. The summed E-state index contributed by atoms with van der Waals surface area (Å²) >= 11 is 1.60. The average Bonchev–Trinajstić information content (AvgIpc) is 2.76. The summed E-state index contributed by atoms with van der Waals surface area (Å²) in [7, 11) is 0. The predicted octanol–water partition coefficient (Wildman–Crippen LogP) is 3.03. The van der Waals surface area contributed by atoms with Gasteiger partial charge in [0, 0.05) is 23.1 Å².